The van der Waals surface area contributed by atoms with Crippen molar-refractivity contribution in [3.05, 3.63) is 64.7 Å². The van der Waals surface area contributed by atoms with Crippen LogP contribution in [0.5, 0.6) is 5.75 Å². The predicted molar refractivity (Wildman–Crippen MR) is 108 cm³/mol. The van der Waals surface area contributed by atoms with Gasteiger partial charge < -0.3 is 9.64 Å². The molecule has 1 aliphatic carbocycles. The summed E-state index contributed by atoms with van der Waals surface area (Å²) in [5.41, 5.74) is 3.07. The average molecular weight is 399 g/mol. The third-order valence-corrected chi connectivity index (χ3v) is 6.14. The van der Waals surface area contributed by atoms with E-state index < -0.39 is 11.6 Å². The maximum atomic E-state index is 13.4. The van der Waals surface area contributed by atoms with E-state index in [1.54, 1.807) is 0 Å². The van der Waals surface area contributed by atoms with Crippen molar-refractivity contribution in [2.75, 3.05) is 26.2 Å². The van der Waals surface area contributed by atoms with Gasteiger partial charge in [0.1, 0.15) is 5.75 Å². The zero-order chi connectivity index (χ0) is 20.2. The second-order valence-electron chi connectivity index (χ2n) is 8.06. The topological polar surface area (TPSA) is 29.5 Å². The minimum Gasteiger partial charge on any atom is -0.493 e. The summed E-state index contributed by atoms with van der Waals surface area (Å²) in [6.45, 7) is 3.34. The van der Waals surface area contributed by atoms with Crippen LogP contribution in [0.2, 0.25) is 0 Å². The number of hydrogen-bond donors (Lipinski definition) is 0. The quantitative estimate of drug-likeness (QED) is 0.494. The van der Waals surface area contributed by atoms with Crippen molar-refractivity contribution >= 4 is 5.78 Å². The molecule has 0 saturated carbocycles. The second kappa shape index (κ2) is 9.04. The number of ketones is 1. The summed E-state index contributed by atoms with van der Waals surface area (Å²) in [6.07, 6.45) is 5.95. The maximum absolute atomic E-state index is 13.4. The van der Waals surface area contributed by atoms with Gasteiger partial charge in [0.05, 0.1) is 6.61 Å². The zero-order valence-electron chi connectivity index (χ0n) is 16.6. The Morgan fingerprint density at radius 1 is 1.07 bits per heavy atom. The van der Waals surface area contributed by atoms with Crippen LogP contribution in [0.15, 0.2) is 36.4 Å². The number of ether oxygens (including phenoxy) is 1. The lowest BCUT2D eigenvalue weighted by atomic mass is 9.89. The predicted octanol–water partition coefficient (Wildman–Crippen LogP) is 4.82. The molecule has 1 saturated heterocycles. The Hall–Kier alpha value is -2.27. The minimum atomic E-state index is -0.961. The molecule has 29 heavy (non-hydrogen) atoms. The molecule has 2 aliphatic rings. The first-order valence-electron chi connectivity index (χ1n) is 10.6. The molecule has 1 heterocycles. The number of halogens is 2. The summed E-state index contributed by atoms with van der Waals surface area (Å²) >= 11 is 0. The van der Waals surface area contributed by atoms with Crippen molar-refractivity contribution in [2.45, 2.75) is 38.5 Å². The van der Waals surface area contributed by atoms with Gasteiger partial charge >= 0.3 is 0 Å². The van der Waals surface area contributed by atoms with Crippen molar-refractivity contribution in [1.82, 2.24) is 4.90 Å². The van der Waals surface area contributed by atoms with Gasteiger partial charge in [0.2, 0.25) is 0 Å². The number of Topliss-reactive ketones (excluding diaryl/α,β-unsaturated/α-hetero) is 1. The summed E-state index contributed by atoms with van der Waals surface area (Å²) in [5, 5.41) is 0. The number of nitrogens with zero attached hydrogens (tertiary/aromatic N) is 1. The largest absolute Gasteiger partial charge is 0.493 e. The van der Waals surface area contributed by atoms with E-state index in [4.69, 9.17) is 4.74 Å². The Morgan fingerprint density at radius 3 is 2.69 bits per heavy atom. The molecule has 3 nitrogen and oxygen atoms in total. The summed E-state index contributed by atoms with van der Waals surface area (Å²) < 4.78 is 32.5. The standard InChI is InChI=1S/C24H27F2NO2/c25-21-9-8-19(16-22(21)26)24(28)18-10-13-27(14-11-18)12-3-15-29-23-7-2-5-17-4-1-6-20(17)23/h2,5,7-9,16,18H,1,3-4,6,10-15H2. The summed E-state index contributed by atoms with van der Waals surface area (Å²) in [5.74, 6) is -1.03. The van der Waals surface area contributed by atoms with Crippen LogP contribution < -0.4 is 4.74 Å². The van der Waals surface area contributed by atoms with Crippen LogP contribution in [-0.4, -0.2) is 36.9 Å². The molecule has 0 aromatic heterocycles. The smallest absolute Gasteiger partial charge is 0.166 e. The van der Waals surface area contributed by atoms with Gasteiger partial charge in [0, 0.05) is 18.0 Å². The van der Waals surface area contributed by atoms with Gasteiger partial charge in [-0.05, 0) is 87.0 Å². The summed E-state index contributed by atoms with van der Waals surface area (Å²) in [4.78, 5) is 14.9. The highest BCUT2D eigenvalue weighted by Crippen LogP contribution is 2.30. The van der Waals surface area contributed by atoms with Crippen LogP contribution in [0.1, 0.15) is 47.2 Å². The molecular weight excluding hydrogens is 372 g/mol. The molecule has 0 radical (unpaired) electrons. The SMILES string of the molecule is O=C(c1ccc(F)c(F)c1)C1CCN(CCCOc2cccc3c2CCC3)CC1. The Bertz CT molecular complexity index is 875. The third-order valence-electron chi connectivity index (χ3n) is 6.14. The van der Waals surface area contributed by atoms with E-state index in [0.29, 0.717) is 6.61 Å². The van der Waals surface area contributed by atoms with E-state index in [9.17, 15) is 13.6 Å². The highest BCUT2D eigenvalue weighted by atomic mass is 19.2. The number of fused-ring (bicyclic) bond motifs is 1. The molecule has 4 rings (SSSR count). The van der Waals surface area contributed by atoms with Gasteiger partial charge in [-0.15, -0.1) is 0 Å². The molecule has 0 amide bonds. The van der Waals surface area contributed by atoms with E-state index in [1.165, 1.54) is 23.6 Å². The number of rotatable bonds is 7. The van der Waals surface area contributed by atoms with Crippen molar-refractivity contribution in [3.63, 3.8) is 0 Å². The fourth-order valence-electron chi connectivity index (χ4n) is 4.49. The number of carbonyl (C=O) groups is 1. The molecule has 1 fully saturated rings. The lowest BCUT2D eigenvalue weighted by Gasteiger charge is -2.31. The molecule has 0 spiro atoms. The van der Waals surface area contributed by atoms with E-state index in [-0.39, 0.29) is 17.3 Å². The highest BCUT2D eigenvalue weighted by Gasteiger charge is 2.26. The number of carbonyl (C=O) groups excluding carboxylic acids is 1. The molecule has 2 aromatic rings. The van der Waals surface area contributed by atoms with Crippen LogP contribution >= 0.6 is 0 Å². The van der Waals surface area contributed by atoms with Crippen LogP contribution in [-0.2, 0) is 12.8 Å². The van der Waals surface area contributed by atoms with Gasteiger partial charge in [0.25, 0.3) is 0 Å². The molecule has 1 aliphatic heterocycles. The van der Waals surface area contributed by atoms with Crippen LogP contribution in [0.3, 0.4) is 0 Å². The Labute approximate surface area is 170 Å². The molecule has 0 N–H and O–H groups in total. The van der Waals surface area contributed by atoms with Crippen molar-refractivity contribution < 1.29 is 18.3 Å². The molecule has 154 valence electrons. The van der Waals surface area contributed by atoms with Crippen LogP contribution in [0.25, 0.3) is 0 Å². The lowest BCUT2D eigenvalue weighted by Crippen LogP contribution is -2.37. The maximum Gasteiger partial charge on any atom is 0.166 e. The van der Waals surface area contributed by atoms with Crippen molar-refractivity contribution in [3.8, 4) is 5.75 Å². The number of likely N-dealkylation sites (tertiary alicyclic amines) is 1. The zero-order valence-corrected chi connectivity index (χ0v) is 16.6. The van der Waals surface area contributed by atoms with Gasteiger partial charge in [0.15, 0.2) is 17.4 Å². The minimum absolute atomic E-state index is 0.0789. The molecule has 0 bridgehead atoms. The molecule has 5 heteroatoms. The summed E-state index contributed by atoms with van der Waals surface area (Å²) in [6, 6.07) is 9.76. The monoisotopic (exact) mass is 399 g/mol. The van der Waals surface area contributed by atoms with E-state index in [1.807, 2.05) is 0 Å². The van der Waals surface area contributed by atoms with Crippen molar-refractivity contribution in [2.24, 2.45) is 5.92 Å². The summed E-state index contributed by atoms with van der Waals surface area (Å²) in [7, 11) is 0. The average Bonchev–Trinajstić information content (AvgIpc) is 3.23. The number of hydrogen-bond acceptors (Lipinski definition) is 3. The van der Waals surface area contributed by atoms with Gasteiger partial charge in [-0.2, -0.15) is 0 Å². The van der Waals surface area contributed by atoms with Gasteiger partial charge in [-0.3, -0.25) is 4.79 Å². The second-order valence-corrected chi connectivity index (χ2v) is 8.06. The molecule has 0 atom stereocenters. The molecule has 0 unspecified atom stereocenters. The third kappa shape index (κ3) is 4.67. The van der Waals surface area contributed by atoms with E-state index in [2.05, 4.69) is 23.1 Å². The number of piperidine rings is 1. The van der Waals surface area contributed by atoms with E-state index in [0.717, 1.165) is 69.6 Å². The molecular formula is C24H27F2NO2. The normalized spacial score (nSPS) is 17.3. The fraction of sp³-hybridized carbons (Fsp3) is 0.458. The van der Waals surface area contributed by atoms with Crippen LogP contribution in [0.4, 0.5) is 8.78 Å². The number of benzene rings is 2. The first kappa shape index (κ1) is 20.0. The highest BCUT2D eigenvalue weighted by molar-refractivity contribution is 5.97. The van der Waals surface area contributed by atoms with E-state index >= 15 is 0 Å². The fourth-order valence-corrected chi connectivity index (χ4v) is 4.49. The van der Waals surface area contributed by atoms with Gasteiger partial charge in [-0.1, -0.05) is 12.1 Å². The van der Waals surface area contributed by atoms with Crippen molar-refractivity contribution in [1.29, 1.82) is 0 Å². The lowest BCUT2D eigenvalue weighted by molar-refractivity contribution is 0.0835. The number of aryl methyl sites for hydroxylation is 1. The van der Waals surface area contributed by atoms with Gasteiger partial charge in [-0.25, -0.2) is 8.78 Å². The van der Waals surface area contributed by atoms with Crippen LogP contribution in [0, 0.1) is 17.6 Å². The Kier molecular flexibility index (Phi) is 6.24. The molecule has 2 aromatic carbocycles. The first-order valence-corrected chi connectivity index (χ1v) is 10.6. The first-order chi connectivity index (χ1) is 14.1. The Morgan fingerprint density at radius 2 is 1.90 bits per heavy atom. The Balaban J connectivity index is 1.20.